The molecule has 1 aliphatic carbocycles. The van der Waals surface area contributed by atoms with E-state index < -0.39 is 0 Å². The summed E-state index contributed by atoms with van der Waals surface area (Å²) in [6.07, 6.45) is 2.74. The molecule has 0 atom stereocenters. The predicted octanol–water partition coefficient (Wildman–Crippen LogP) is 1.17. The van der Waals surface area contributed by atoms with Crippen LogP contribution in [-0.2, 0) is 11.2 Å². The SMILES string of the molecule is NC(=O)Cc1cc(N)ccc1C1CC1. The molecule has 3 heteroatoms. The van der Waals surface area contributed by atoms with Gasteiger partial charge in [-0.1, -0.05) is 6.07 Å². The number of anilines is 1. The predicted molar refractivity (Wildman–Crippen MR) is 55.7 cm³/mol. The highest BCUT2D eigenvalue weighted by Crippen LogP contribution is 2.42. The van der Waals surface area contributed by atoms with Gasteiger partial charge in [0.05, 0.1) is 6.42 Å². The van der Waals surface area contributed by atoms with Crippen molar-refractivity contribution in [3.8, 4) is 0 Å². The summed E-state index contributed by atoms with van der Waals surface area (Å²) < 4.78 is 0. The van der Waals surface area contributed by atoms with Gasteiger partial charge in [-0.25, -0.2) is 0 Å². The normalized spacial score (nSPS) is 15.4. The number of primary amides is 1. The molecule has 4 N–H and O–H groups in total. The van der Waals surface area contributed by atoms with Crippen molar-refractivity contribution in [1.82, 2.24) is 0 Å². The quantitative estimate of drug-likeness (QED) is 0.702. The Bertz CT molecular complexity index is 370. The molecule has 1 saturated carbocycles. The van der Waals surface area contributed by atoms with E-state index >= 15 is 0 Å². The molecule has 0 heterocycles. The smallest absolute Gasteiger partial charge is 0.221 e. The van der Waals surface area contributed by atoms with E-state index in [2.05, 4.69) is 0 Å². The van der Waals surface area contributed by atoms with Gasteiger partial charge in [0.2, 0.25) is 5.91 Å². The molecule has 0 unspecified atom stereocenters. The third-order valence-corrected chi connectivity index (χ3v) is 2.55. The second-order valence-corrected chi connectivity index (χ2v) is 3.88. The molecule has 3 nitrogen and oxygen atoms in total. The molecule has 1 fully saturated rings. The van der Waals surface area contributed by atoms with Crippen molar-refractivity contribution in [1.29, 1.82) is 0 Å². The summed E-state index contributed by atoms with van der Waals surface area (Å²) in [6, 6.07) is 5.77. The summed E-state index contributed by atoms with van der Waals surface area (Å²) in [6.45, 7) is 0. The van der Waals surface area contributed by atoms with Gasteiger partial charge in [0.1, 0.15) is 0 Å². The van der Waals surface area contributed by atoms with Gasteiger partial charge in [-0.3, -0.25) is 4.79 Å². The fourth-order valence-electron chi connectivity index (χ4n) is 1.76. The Morgan fingerprint density at radius 2 is 2.14 bits per heavy atom. The average Bonchev–Trinajstić information content (AvgIpc) is 2.86. The van der Waals surface area contributed by atoms with Crippen molar-refractivity contribution in [2.24, 2.45) is 5.73 Å². The number of nitrogens with two attached hydrogens (primary N) is 2. The van der Waals surface area contributed by atoms with E-state index in [9.17, 15) is 4.79 Å². The van der Waals surface area contributed by atoms with Gasteiger partial charge >= 0.3 is 0 Å². The van der Waals surface area contributed by atoms with Crippen LogP contribution in [0.5, 0.6) is 0 Å². The molecule has 0 radical (unpaired) electrons. The van der Waals surface area contributed by atoms with Crippen LogP contribution < -0.4 is 11.5 Å². The van der Waals surface area contributed by atoms with Gasteiger partial charge < -0.3 is 11.5 Å². The lowest BCUT2D eigenvalue weighted by Gasteiger charge is -2.07. The Kier molecular flexibility index (Phi) is 2.15. The summed E-state index contributed by atoms with van der Waals surface area (Å²) in [7, 11) is 0. The number of hydrogen-bond donors (Lipinski definition) is 2. The molecule has 1 aromatic rings. The monoisotopic (exact) mass is 190 g/mol. The molecule has 2 rings (SSSR count). The van der Waals surface area contributed by atoms with Crippen LogP contribution in [0.4, 0.5) is 5.69 Å². The number of nitrogen functional groups attached to an aromatic ring is 1. The Morgan fingerprint density at radius 1 is 1.43 bits per heavy atom. The maximum Gasteiger partial charge on any atom is 0.221 e. The first-order valence-electron chi connectivity index (χ1n) is 4.83. The lowest BCUT2D eigenvalue weighted by atomic mass is 10.00. The van der Waals surface area contributed by atoms with Crippen molar-refractivity contribution in [3.05, 3.63) is 29.3 Å². The molecule has 0 bridgehead atoms. The zero-order valence-electron chi connectivity index (χ0n) is 7.99. The van der Waals surface area contributed by atoms with Crippen LogP contribution >= 0.6 is 0 Å². The average molecular weight is 190 g/mol. The van der Waals surface area contributed by atoms with Crippen LogP contribution in [0.1, 0.15) is 29.9 Å². The van der Waals surface area contributed by atoms with E-state index in [4.69, 9.17) is 11.5 Å². The van der Waals surface area contributed by atoms with Gasteiger partial charge in [0.15, 0.2) is 0 Å². The summed E-state index contributed by atoms with van der Waals surface area (Å²) in [4.78, 5) is 10.9. The number of carbonyl (C=O) groups excluding carboxylic acids is 1. The molecule has 1 amide bonds. The van der Waals surface area contributed by atoms with Crippen molar-refractivity contribution in [3.63, 3.8) is 0 Å². The first-order valence-corrected chi connectivity index (χ1v) is 4.83. The lowest BCUT2D eigenvalue weighted by Crippen LogP contribution is -2.15. The minimum Gasteiger partial charge on any atom is -0.399 e. The highest BCUT2D eigenvalue weighted by Gasteiger charge is 2.26. The van der Waals surface area contributed by atoms with E-state index in [-0.39, 0.29) is 5.91 Å². The number of hydrogen-bond acceptors (Lipinski definition) is 2. The summed E-state index contributed by atoms with van der Waals surface area (Å²) in [5.74, 6) is 0.336. The Labute approximate surface area is 83.1 Å². The maximum atomic E-state index is 10.9. The van der Waals surface area contributed by atoms with E-state index in [0.717, 1.165) is 5.56 Å². The van der Waals surface area contributed by atoms with Crippen LogP contribution in [0.3, 0.4) is 0 Å². The minimum atomic E-state index is -0.294. The van der Waals surface area contributed by atoms with E-state index in [0.29, 0.717) is 18.0 Å². The molecular formula is C11H14N2O. The largest absolute Gasteiger partial charge is 0.399 e. The van der Waals surface area contributed by atoms with E-state index in [1.165, 1.54) is 18.4 Å². The van der Waals surface area contributed by atoms with E-state index in [1.807, 2.05) is 18.2 Å². The van der Waals surface area contributed by atoms with E-state index in [1.54, 1.807) is 0 Å². The van der Waals surface area contributed by atoms with Gasteiger partial charge in [0.25, 0.3) is 0 Å². The van der Waals surface area contributed by atoms with Gasteiger partial charge in [-0.15, -0.1) is 0 Å². The zero-order chi connectivity index (χ0) is 10.1. The van der Waals surface area contributed by atoms with Crippen LogP contribution in [0, 0.1) is 0 Å². The first kappa shape index (κ1) is 9.06. The fraction of sp³-hybridized carbons (Fsp3) is 0.364. The molecule has 0 aliphatic heterocycles. The Hall–Kier alpha value is -1.51. The molecule has 14 heavy (non-hydrogen) atoms. The number of amides is 1. The summed E-state index contributed by atoms with van der Waals surface area (Å²) in [5, 5.41) is 0. The summed E-state index contributed by atoms with van der Waals surface area (Å²) in [5.41, 5.74) is 13.8. The topological polar surface area (TPSA) is 69.1 Å². The van der Waals surface area contributed by atoms with Crippen molar-refractivity contribution in [2.45, 2.75) is 25.2 Å². The molecule has 74 valence electrons. The van der Waals surface area contributed by atoms with Gasteiger partial charge in [0, 0.05) is 5.69 Å². The number of benzene rings is 1. The number of rotatable bonds is 3. The fourth-order valence-corrected chi connectivity index (χ4v) is 1.76. The third-order valence-electron chi connectivity index (χ3n) is 2.55. The highest BCUT2D eigenvalue weighted by atomic mass is 16.1. The Balaban J connectivity index is 2.32. The molecular weight excluding hydrogens is 176 g/mol. The molecule has 0 spiro atoms. The van der Waals surface area contributed by atoms with Crippen LogP contribution in [0.25, 0.3) is 0 Å². The van der Waals surface area contributed by atoms with Crippen molar-refractivity contribution >= 4 is 11.6 Å². The van der Waals surface area contributed by atoms with Crippen LogP contribution in [0.15, 0.2) is 18.2 Å². The second kappa shape index (κ2) is 3.33. The van der Waals surface area contributed by atoms with Crippen LogP contribution in [-0.4, -0.2) is 5.91 Å². The molecule has 0 saturated heterocycles. The standard InChI is InChI=1S/C11H14N2O/c12-9-3-4-10(7-1-2-7)8(5-9)6-11(13)14/h3-5,7H,1-2,6,12H2,(H2,13,14). The van der Waals surface area contributed by atoms with Gasteiger partial charge in [-0.2, -0.15) is 0 Å². The second-order valence-electron chi connectivity index (χ2n) is 3.88. The van der Waals surface area contributed by atoms with Crippen molar-refractivity contribution < 1.29 is 4.79 Å². The third kappa shape index (κ3) is 1.87. The number of carbonyl (C=O) groups is 1. The first-order chi connectivity index (χ1) is 6.66. The van der Waals surface area contributed by atoms with Crippen LogP contribution in [0.2, 0.25) is 0 Å². The molecule has 1 aromatic carbocycles. The van der Waals surface area contributed by atoms with Crippen molar-refractivity contribution in [2.75, 3.05) is 5.73 Å². The highest BCUT2D eigenvalue weighted by molar-refractivity contribution is 5.77. The lowest BCUT2D eigenvalue weighted by molar-refractivity contribution is -0.117. The zero-order valence-corrected chi connectivity index (χ0v) is 7.99. The summed E-state index contributed by atoms with van der Waals surface area (Å²) >= 11 is 0. The minimum absolute atomic E-state index is 0.294. The molecule has 1 aliphatic rings. The maximum absolute atomic E-state index is 10.9. The molecule has 0 aromatic heterocycles. The van der Waals surface area contributed by atoms with Gasteiger partial charge in [-0.05, 0) is 42.0 Å². The Morgan fingerprint density at radius 3 is 2.71 bits per heavy atom.